The first-order valence-corrected chi connectivity index (χ1v) is 6.29. The van der Waals surface area contributed by atoms with E-state index in [4.69, 9.17) is 10.2 Å². The Balaban J connectivity index is 2.31. The van der Waals surface area contributed by atoms with E-state index in [1.54, 1.807) is 17.2 Å². The molecule has 1 amide bonds. The van der Waals surface area contributed by atoms with Crippen molar-refractivity contribution in [3.63, 3.8) is 0 Å². The predicted octanol–water partition coefficient (Wildman–Crippen LogP) is 2.53. The molecule has 0 aliphatic rings. The number of para-hydroxylation sites is 1. The summed E-state index contributed by atoms with van der Waals surface area (Å²) in [6, 6.07) is 11.1. The zero-order valence-electron chi connectivity index (χ0n) is 9.67. The highest BCUT2D eigenvalue weighted by Crippen LogP contribution is 2.27. The quantitative estimate of drug-likeness (QED) is 0.944. The SMILES string of the molecule is NCC(=O)N(Cc1ccco1)c1ccccc1Br. The van der Waals surface area contributed by atoms with Crippen molar-refractivity contribution in [1.82, 2.24) is 0 Å². The van der Waals surface area contributed by atoms with Crippen molar-refractivity contribution in [2.75, 3.05) is 11.4 Å². The zero-order valence-corrected chi connectivity index (χ0v) is 11.3. The molecular weight excluding hydrogens is 296 g/mol. The number of benzene rings is 1. The van der Waals surface area contributed by atoms with Crippen LogP contribution in [0.25, 0.3) is 0 Å². The molecule has 0 unspecified atom stereocenters. The van der Waals surface area contributed by atoms with Gasteiger partial charge in [0.05, 0.1) is 25.0 Å². The second kappa shape index (κ2) is 5.84. The van der Waals surface area contributed by atoms with Gasteiger partial charge >= 0.3 is 0 Å². The van der Waals surface area contributed by atoms with Gasteiger partial charge in [0.15, 0.2) is 0 Å². The Hall–Kier alpha value is -1.59. The van der Waals surface area contributed by atoms with Crippen LogP contribution in [0, 0.1) is 0 Å². The third kappa shape index (κ3) is 2.80. The summed E-state index contributed by atoms with van der Waals surface area (Å²) in [5, 5.41) is 0. The van der Waals surface area contributed by atoms with Crippen molar-refractivity contribution >= 4 is 27.5 Å². The fraction of sp³-hybridized carbons (Fsp3) is 0.154. The molecule has 0 radical (unpaired) electrons. The minimum atomic E-state index is -0.154. The number of hydrogen-bond donors (Lipinski definition) is 1. The molecule has 0 saturated carbocycles. The van der Waals surface area contributed by atoms with Crippen LogP contribution in [0.15, 0.2) is 51.6 Å². The Morgan fingerprint density at radius 1 is 1.28 bits per heavy atom. The third-order valence-electron chi connectivity index (χ3n) is 2.51. The van der Waals surface area contributed by atoms with Gasteiger partial charge in [-0.1, -0.05) is 12.1 Å². The first-order valence-electron chi connectivity index (χ1n) is 5.49. The van der Waals surface area contributed by atoms with E-state index in [2.05, 4.69) is 15.9 Å². The van der Waals surface area contributed by atoms with Crippen LogP contribution >= 0.6 is 15.9 Å². The average molecular weight is 309 g/mol. The molecular formula is C13H13BrN2O2. The average Bonchev–Trinajstić information content (AvgIpc) is 2.89. The molecule has 0 atom stereocenters. The summed E-state index contributed by atoms with van der Waals surface area (Å²) in [7, 11) is 0. The second-order valence-electron chi connectivity index (χ2n) is 3.71. The van der Waals surface area contributed by atoms with Gasteiger partial charge in [-0.15, -0.1) is 0 Å². The van der Waals surface area contributed by atoms with Crippen LogP contribution in [-0.2, 0) is 11.3 Å². The molecule has 2 rings (SSSR count). The van der Waals surface area contributed by atoms with Gasteiger partial charge in [-0.3, -0.25) is 4.79 Å². The minimum Gasteiger partial charge on any atom is -0.467 e. The van der Waals surface area contributed by atoms with E-state index < -0.39 is 0 Å². The van der Waals surface area contributed by atoms with Crippen molar-refractivity contribution in [1.29, 1.82) is 0 Å². The highest BCUT2D eigenvalue weighted by atomic mass is 79.9. The van der Waals surface area contributed by atoms with Crippen LogP contribution in [-0.4, -0.2) is 12.5 Å². The smallest absolute Gasteiger partial charge is 0.241 e. The van der Waals surface area contributed by atoms with Crippen LogP contribution in [0.1, 0.15) is 5.76 Å². The molecule has 0 saturated heterocycles. The maximum absolute atomic E-state index is 11.9. The van der Waals surface area contributed by atoms with Gasteiger partial charge < -0.3 is 15.1 Å². The molecule has 1 heterocycles. The summed E-state index contributed by atoms with van der Waals surface area (Å²) in [5.41, 5.74) is 6.23. The van der Waals surface area contributed by atoms with Gasteiger partial charge in [0.1, 0.15) is 5.76 Å². The van der Waals surface area contributed by atoms with E-state index in [1.165, 1.54) is 0 Å². The van der Waals surface area contributed by atoms with Crippen LogP contribution in [0.4, 0.5) is 5.69 Å². The van der Waals surface area contributed by atoms with Crippen molar-refractivity contribution in [2.45, 2.75) is 6.54 Å². The molecule has 0 aliphatic heterocycles. The Kier molecular flexibility index (Phi) is 4.17. The van der Waals surface area contributed by atoms with Gasteiger partial charge in [0.25, 0.3) is 0 Å². The summed E-state index contributed by atoms with van der Waals surface area (Å²) in [4.78, 5) is 13.5. The first kappa shape index (κ1) is 12.9. The van der Waals surface area contributed by atoms with Gasteiger partial charge in [0, 0.05) is 4.47 Å². The van der Waals surface area contributed by atoms with Gasteiger partial charge in [-0.05, 0) is 40.2 Å². The number of hydrogen-bond acceptors (Lipinski definition) is 3. The minimum absolute atomic E-state index is 0.0396. The number of carbonyl (C=O) groups is 1. The van der Waals surface area contributed by atoms with Crippen LogP contribution < -0.4 is 10.6 Å². The van der Waals surface area contributed by atoms with E-state index in [-0.39, 0.29) is 12.5 Å². The number of nitrogens with zero attached hydrogens (tertiary/aromatic N) is 1. The maximum Gasteiger partial charge on any atom is 0.241 e. The summed E-state index contributed by atoms with van der Waals surface area (Å²) in [6.07, 6.45) is 1.58. The molecule has 1 aromatic heterocycles. The second-order valence-corrected chi connectivity index (χ2v) is 4.57. The fourth-order valence-corrected chi connectivity index (χ4v) is 2.15. The summed E-state index contributed by atoms with van der Waals surface area (Å²) >= 11 is 3.43. The van der Waals surface area contributed by atoms with Crippen molar-refractivity contribution in [3.05, 3.63) is 52.9 Å². The highest BCUT2D eigenvalue weighted by molar-refractivity contribution is 9.10. The topological polar surface area (TPSA) is 59.5 Å². The molecule has 0 fully saturated rings. The van der Waals surface area contributed by atoms with Gasteiger partial charge in [0.2, 0.25) is 5.91 Å². The van der Waals surface area contributed by atoms with Crippen LogP contribution in [0.2, 0.25) is 0 Å². The zero-order chi connectivity index (χ0) is 13.0. The Morgan fingerprint density at radius 3 is 2.67 bits per heavy atom. The van der Waals surface area contributed by atoms with Crippen molar-refractivity contribution in [3.8, 4) is 0 Å². The number of furan rings is 1. The summed E-state index contributed by atoms with van der Waals surface area (Å²) < 4.78 is 6.12. The van der Waals surface area contributed by atoms with Crippen LogP contribution in [0.5, 0.6) is 0 Å². The van der Waals surface area contributed by atoms with E-state index in [1.807, 2.05) is 30.3 Å². The predicted molar refractivity (Wildman–Crippen MR) is 73.1 cm³/mol. The van der Waals surface area contributed by atoms with Gasteiger partial charge in [-0.25, -0.2) is 0 Å². The van der Waals surface area contributed by atoms with Gasteiger partial charge in [-0.2, -0.15) is 0 Å². The van der Waals surface area contributed by atoms with Crippen LogP contribution in [0.3, 0.4) is 0 Å². The lowest BCUT2D eigenvalue weighted by atomic mass is 10.2. The lowest BCUT2D eigenvalue weighted by Gasteiger charge is -2.22. The largest absolute Gasteiger partial charge is 0.467 e. The molecule has 94 valence electrons. The lowest BCUT2D eigenvalue weighted by Crippen LogP contribution is -2.35. The van der Waals surface area contributed by atoms with E-state index in [9.17, 15) is 4.79 Å². The van der Waals surface area contributed by atoms with E-state index >= 15 is 0 Å². The third-order valence-corrected chi connectivity index (χ3v) is 3.18. The number of anilines is 1. The number of nitrogens with two attached hydrogens (primary N) is 1. The number of carbonyl (C=O) groups excluding carboxylic acids is 1. The molecule has 1 aromatic carbocycles. The Morgan fingerprint density at radius 2 is 2.06 bits per heavy atom. The monoisotopic (exact) mass is 308 g/mol. The molecule has 4 nitrogen and oxygen atoms in total. The number of halogens is 1. The van der Waals surface area contributed by atoms with E-state index in [0.29, 0.717) is 12.3 Å². The molecule has 18 heavy (non-hydrogen) atoms. The number of rotatable bonds is 4. The summed E-state index contributed by atoms with van der Waals surface area (Å²) in [5.74, 6) is 0.561. The highest BCUT2D eigenvalue weighted by Gasteiger charge is 2.17. The standard InChI is InChI=1S/C13H13BrN2O2/c14-11-5-1-2-6-12(11)16(13(17)8-15)9-10-4-3-7-18-10/h1-7H,8-9,15H2. The fourth-order valence-electron chi connectivity index (χ4n) is 1.65. The Bertz CT molecular complexity index is 526. The molecule has 0 aliphatic carbocycles. The Labute approximate surface area is 114 Å². The number of amides is 1. The summed E-state index contributed by atoms with van der Waals surface area (Å²) in [6.45, 7) is 0.327. The maximum atomic E-state index is 11.9. The molecule has 0 bridgehead atoms. The van der Waals surface area contributed by atoms with E-state index in [0.717, 1.165) is 10.2 Å². The normalized spacial score (nSPS) is 10.3. The first-order chi connectivity index (χ1) is 8.72. The van der Waals surface area contributed by atoms with Crippen molar-refractivity contribution in [2.24, 2.45) is 5.73 Å². The molecule has 0 spiro atoms. The van der Waals surface area contributed by atoms with Crippen molar-refractivity contribution < 1.29 is 9.21 Å². The molecule has 2 aromatic rings. The molecule has 5 heteroatoms. The molecule has 2 N–H and O–H groups in total. The lowest BCUT2D eigenvalue weighted by molar-refractivity contribution is -0.117.